The minimum atomic E-state index is -0.166. The molecule has 17 heavy (non-hydrogen) atoms. The summed E-state index contributed by atoms with van der Waals surface area (Å²) < 4.78 is 5.44. The van der Waals surface area contributed by atoms with Crippen molar-refractivity contribution in [1.82, 2.24) is 10.6 Å². The maximum atomic E-state index is 11.7. The molecule has 0 saturated carbocycles. The fourth-order valence-electron chi connectivity index (χ4n) is 2.36. The lowest BCUT2D eigenvalue weighted by Crippen LogP contribution is -2.44. The van der Waals surface area contributed by atoms with Crippen LogP contribution in [0.15, 0.2) is 16.7 Å². The Morgan fingerprint density at radius 1 is 1.65 bits per heavy atom. The summed E-state index contributed by atoms with van der Waals surface area (Å²) in [7, 11) is 0. The number of nitrogens with one attached hydrogen (secondary N) is 2. The number of fused-ring (bicyclic) bond motifs is 1. The van der Waals surface area contributed by atoms with Gasteiger partial charge in [-0.2, -0.15) is 0 Å². The van der Waals surface area contributed by atoms with Crippen molar-refractivity contribution in [3.8, 4) is 0 Å². The monoisotopic (exact) mass is 236 g/mol. The average Bonchev–Trinajstić information content (AvgIpc) is 2.78. The van der Waals surface area contributed by atoms with Gasteiger partial charge in [0.15, 0.2) is 0 Å². The summed E-state index contributed by atoms with van der Waals surface area (Å²) in [6, 6.07) is 2.09. The SMILES string of the molecule is CCNC(=O)C(C)NC1CCCc2occc21. The molecule has 0 bridgehead atoms. The highest BCUT2D eigenvalue weighted by atomic mass is 16.3. The van der Waals surface area contributed by atoms with E-state index in [1.165, 1.54) is 5.56 Å². The second-order valence-electron chi connectivity index (χ2n) is 4.53. The van der Waals surface area contributed by atoms with Crippen molar-refractivity contribution >= 4 is 5.91 Å². The van der Waals surface area contributed by atoms with Gasteiger partial charge in [-0.25, -0.2) is 0 Å². The molecule has 0 aromatic carbocycles. The molecule has 94 valence electrons. The number of hydrogen-bond donors (Lipinski definition) is 2. The van der Waals surface area contributed by atoms with Crippen molar-refractivity contribution in [2.75, 3.05) is 6.54 Å². The van der Waals surface area contributed by atoms with Gasteiger partial charge in [-0.05, 0) is 32.8 Å². The van der Waals surface area contributed by atoms with Gasteiger partial charge in [0.1, 0.15) is 5.76 Å². The van der Waals surface area contributed by atoms with Crippen LogP contribution in [-0.2, 0) is 11.2 Å². The number of carbonyl (C=O) groups is 1. The quantitative estimate of drug-likeness (QED) is 0.837. The molecule has 2 rings (SSSR count). The van der Waals surface area contributed by atoms with Gasteiger partial charge in [0.05, 0.1) is 12.3 Å². The third-order valence-electron chi connectivity index (χ3n) is 3.25. The smallest absolute Gasteiger partial charge is 0.236 e. The minimum Gasteiger partial charge on any atom is -0.469 e. The lowest BCUT2D eigenvalue weighted by molar-refractivity contribution is -0.122. The molecule has 2 unspecified atom stereocenters. The second-order valence-corrected chi connectivity index (χ2v) is 4.53. The molecule has 1 aromatic rings. The van der Waals surface area contributed by atoms with E-state index in [9.17, 15) is 4.79 Å². The number of carbonyl (C=O) groups excluding carboxylic acids is 1. The van der Waals surface area contributed by atoms with E-state index in [0.717, 1.165) is 25.0 Å². The van der Waals surface area contributed by atoms with Gasteiger partial charge in [-0.15, -0.1) is 0 Å². The van der Waals surface area contributed by atoms with Crippen LogP contribution in [0, 0.1) is 0 Å². The third kappa shape index (κ3) is 2.69. The molecule has 1 heterocycles. The zero-order chi connectivity index (χ0) is 12.3. The van der Waals surface area contributed by atoms with Crippen LogP contribution in [0.4, 0.5) is 0 Å². The molecule has 1 aliphatic carbocycles. The van der Waals surface area contributed by atoms with Crippen LogP contribution >= 0.6 is 0 Å². The van der Waals surface area contributed by atoms with Crippen LogP contribution < -0.4 is 10.6 Å². The number of rotatable bonds is 4. The van der Waals surface area contributed by atoms with Crippen molar-refractivity contribution in [2.24, 2.45) is 0 Å². The third-order valence-corrected chi connectivity index (χ3v) is 3.25. The fourth-order valence-corrected chi connectivity index (χ4v) is 2.36. The highest BCUT2D eigenvalue weighted by Crippen LogP contribution is 2.30. The van der Waals surface area contributed by atoms with Crippen LogP contribution in [-0.4, -0.2) is 18.5 Å². The molecule has 2 atom stereocenters. The maximum Gasteiger partial charge on any atom is 0.236 e. The van der Waals surface area contributed by atoms with Crippen LogP contribution in [0.3, 0.4) is 0 Å². The largest absolute Gasteiger partial charge is 0.469 e. The minimum absolute atomic E-state index is 0.0584. The second kappa shape index (κ2) is 5.36. The van der Waals surface area contributed by atoms with Gasteiger partial charge in [-0.1, -0.05) is 0 Å². The first-order valence-corrected chi connectivity index (χ1v) is 6.32. The molecule has 0 aliphatic heterocycles. The van der Waals surface area contributed by atoms with Crippen LogP contribution in [0.1, 0.15) is 44.1 Å². The van der Waals surface area contributed by atoms with E-state index >= 15 is 0 Å². The van der Waals surface area contributed by atoms with Gasteiger partial charge < -0.3 is 9.73 Å². The molecule has 4 heteroatoms. The van der Waals surface area contributed by atoms with Crippen molar-refractivity contribution in [1.29, 1.82) is 0 Å². The first kappa shape index (κ1) is 12.2. The summed E-state index contributed by atoms with van der Waals surface area (Å²) in [5, 5.41) is 6.20. The zero-order valence-corrected chi connectivity index (χ0v) is 10.5. The highest BCUT2D eigenvalue weighted by molar-refractivity contribution is 5.81. The molecule has 0 fully saturated rings. The van der Waals surface area contributed by atoms with Gasteiger partial charge in [0.25, 0.3) is 0 Å². The van der Waals surface area contributed by atoms with Crippen LogP contribution in [0.5, 0.6) is 0 Å². The highest BCUT2D eigenvalue weighted by Gasteiger charge is 2.25. The Bertz CT molecular complexity index is 387. The molecule has 4 nitrogen and oxygen atoms in total. The summed E-state index contributed by atoms with van der Waals surface area (Å²) in [6.45, 7) is 4.51. The number of furan rings is 1. The Labute approximate surface area is 102 Å². The Hall–Kier alpha value is -1.29. The average molecular weight is 236 g/mol. The van der Waals surface area contributed by atoms with Gasteiger partial charge in [0, 0.05) is 24.6 Å². The fraction of sp³-hybridized carbons (Fsp3) is 0.615. The summed E-state index contributed by atoms with van der Waals surface area (Å²) in [5.41, 5.74) is 1.22. The van der Waals surface area contributed by atoms with Crippen molar-refractivity contribution in [3.63, 3.8) is 0 Å². The Morgan fingerprint density at radius 2 is 2.47 bits per heavy atom. The van der Waals surface area contributed by atoms with E-state index in [1.807, 2.05) is 19.9 Å². The van der Waals surface area contributed by atoms with E-state index in [2.05, 4.69) is 10.6 Å². The van der Waals surface area contributed by atoms with E-state index in [1.54, 1.807) is 6.26 Å². The zero-order valence-electron chi connectivity index (χ0n) is 10.5. The normalized spacial score (nSPS) is 20.7. The Kier molecular flexibility index (Phi) is 3.84. The maximum absolute atomic E-state index is 11.7. The van der Waals surface area contributed by atoms with Gasteiger partial charge in [0.2, 0.25) is 5.91 Å². The van der Waals surface area contributed by atoms with E-state index in [0.29, 0.717) is 6.54 Å². The molecule has 1 aromatic heterocycles. The molecular formula is C13H20N2O2. The number of hydrogen-bond acceptors (Lipinski definition) is 3. The van der Waals surface area contributed by atoms with Crippen LogP contribution in [0.2, 0.25) is 0 Å². The Morgan fingerprint density at radius 3 is 3.24 bits per heavy atom. The van der Waals surface area contributed by atoms with E-state index in [4.69, 9.17) is 4.42 Å². The lowest BCUT2D eigenvalue weighted by Gasteiger charge is -2.25. The van der Waals surface area contributed by atoms with Crippen molar-refractivity contribution in [3.05, 3.63) is 23.7 Å². The number of likely N-dealkylation sites (N-methyl/N-ethyl adjacent to an activating group) is 1. The molecule has 1 aliphatic rings. The van der Waals surface area contributed by atoms with Gasteiger partial charge in [-0.3, -0.25) is 10.1 Å². The molecule has 0 radical (unpaired) electrons. The predicted octanol–water partition coefficient (Wildman–Crippen LogP) is 1.77. The molecular weight excluding hydrogens is 216 g/mol. The number of amides is 1. The molecule has 0 saturated heterocycles. The van der Waals surface area contributed by atoms with E-state index in [-0.39, 0.29) is 18.0 Å². The predicted molar refractivity (Wildman–Crippen MR) is 65.7 cm³/mol. The topological polar surface area (TPSA) is 54.3 Å². The van der Waals surface area contributed by atoms with Crippen LogP contribution in [0.25, 0.3) is 0 Å². The van der Waals surface area contributed by atoms with Gasteiger partial charge >= 0.3 is 0 Å². The summed E-state index contributed by atoms with van der Waals surface area (Å²) in [5.74, 6) is 1.12. The molecule has 0 spiro atoms. The first-order valence-electron chi connectivity index (χ1n) is 6.32. The lowest BCUT2D eigenvalue weighted by atomic mass is 9.93. The molecule has 2 N–H and O–H groups in total. The van der Waals surface area contributed by atoms with Crippen molar-refractivity contribution in [2.45, 2.75) is 45.2 Å². The van der Waals surface area contributed by atoms with Crippen molar-refractivity contribution < 1.29 is 9.21 Å². The number of aryl methyl sites for hydroxylation is 1. The van der Waals surface area contributed by atoms with E-state index < -0.39 is 0 Å². The first-order chi connectivity index (χ1) is 8.22. The summed E-state index contributed by atoms with van der Waals surface area (Å²) >= 11 is 0. The Balaban J connectivity index is 1.99. The standard InChI is InChI=1S/C13H20N2O2/c1-3-14-13(16)9(2)15-11-5-4-6-12-10(11)7-8-17-12/h7-9,11,15H,3-6H2,1-2H3,(H,14,16). The molecule has 1 amide bonds. The summed E-state index contributed by atoms with van der Waals surface area (Å²) in [4.78, 5) is 11.7. The summed E-state index contributed by atoms with van der Waals surface area (Å²) in [6.07, 6.45) is 4.92.